The van der Waals surface area contributed by atoms with E-state index in [4.69, 9.17) is 0 Å². The number of likely N-dealkylation sites (tertiary alicyclic amines) is 1. The molecule has 1 aromatic heterocycles. The van der Waals surface area contributed by atoms with Crippen molar-refractivity contribution in [2.24, 2.45) is 0 Å². The van der Waals surface area contributed by atoms with Gasteiger partial charge < -0.3 is 9.80 Å². The van der Waals surface area contributed by atoms with E-state index in [1.54, 1.807) is 25.9 Å². The topological polar surface area (TPSA) is 71.3 Å². The van der Waals surface area contributed by atoms with Crippen LogP contribution in [-0.2, 0) is 11.2 Å². The summed E-state index contributed by atoms with van der Waals surface area (Å²) in [5, 5.41) is 5.35. The van der Waals surface area contributed by atoms with Gasteiger partial charge in [-0.15, -0.1) is 5.10 Å². The van der Waals surface area contributed by atoms with Gasteiger partial charge in [-0.05, 0) is 25.5 Å². The van der Waals surface area contributed by atoms with Crippen molar-refractivity contribution in [3.63, 3.8) is 0 Å². The third-order valence-corrected chi connectivity index (χ3v) is 6.22. The Hall–Kier alpha value is -1.22. The largest absolute Gasteiger partial charge is 0.346 e. The maximum absolute atomic E-state index is 12.4. The zero-order valence-electron chi connectivity index (χ0n) is 16.1. The van der Waals surface area contributed by atoms with Crippen molar-refractivity contribution in [2.75, 3.05) is 39.2 Å². The monoisotopic (exact) mass is 399 g/mol. The predicted molar refractivity (Wildman–Crippen MR) is 107 cm³/mol. The van der Waals surface area contributed by atoms with Crippen LogP contribution < -0.4 is 0 Å². The van der Waals surface area contributed by atoms with Gasteiger partial charge in [0, 0.05) is 51.0 Å². The van der Waals surface area contributed by atoms with Crippen LogP contribution in [0.2, 0.25) is 0 Å². The van der Waals surface area contributed by atoms with Gasteiger partial charge in [-0.1, -0.05) is 18.7 Å². The molecule has 1 unspecified atom stereocenters. The number of thioether (sulfide) groups is 2. The standard InChI is InChI=1S/C17H29N5O2S2/c1-13(25-4)12-14-18-16(22(19-14)17(24)20(2)3)26-11-8-15(23)21-9-6-5-7-10-21/h13H,5-12H2,1-4H3. The molecular weight excluding hydrogens is 370 g/mol. The van der Waals surface area contributed by atoms with E-state index in [0.29, 0.717) is 28.4 Å². The second kappa shape index (κ2) is 10.2. The van der Waals surface area contributed by atoms with Crippen molar-refractivity contribution < 1.29 is 9.59 Å². The summed E-state index contributed by atoms with van der Waals surface area (Å²) in [6, 6.07) is -0.217. The zero-order valence-corrected chi connectivity index (χ0v) is 17.7. The lowest BCUT2D eigenvalue weighted by Crippen LogP contribution is -2.35. The van der Waals surface area contributed by atoms with Crippen molar-refractivity contribution in [3.05, 3.63) is 5.82 Å². The van der Waals surface area contributed by atoms with Gasteiger partial charge in [0.05, 0.1) is 0 Å². The molecule has 0 aromatic carbocycles. The van der Waals surface area contributed by atoms with Crippen LogP contribution in [0.5, 0.6) is 0 Å². The number of hydrogen-bond acceptors (Lipinski definition) is 6. The van der Waals surface area contributed by atoms with Crippen LogP contribution in [0, 0.1) is 0 Å². The Morgan fingerprint density at radius 2 is 1.92 bits per heavy atom. The maximum atomic E-state index is 12.4. The molecule has 1 fully saturated rings. The van der Waals surface area contributed by atoms with E-state index in [9.17, 15) is 9.59 Å². The van der Waals surface area contributed by atoms with E-state index in [-0.39, 0.29) is 11.9 Å². The smallest absolute Gasteiger partial charge is 0.343 e. The molecule has 2 amide bonds. The fourth-order valence-corrected chi connectivity index (χ4v) is 3.89. The van der Waals surface area contributed by atoms with Crippen molar-refractivity contribution >= 4 is 35.5 Å². The number of nitrogens with zero attached hydrogens (tertiary/aromatic N) is 5. The number of aromatic nitrogens is 3. The Balaban J connectivity index is 1.99. The molecule has 9 heteroatoms. The molecule has 1 aromatic rings. The second-order valence-electron chi connectivity index (χ2n) is 6.69. The summed E-state index contributed by atoms with van der Waals surface area (Å²) < 4.78 is 1.36. The zero-order chi connectivity index (χ0) is 19.1. The molecule has 2 rings (SSSR count). The average Bonchev–Trinajstić information content (AvgIpc) is 3.03. The first kappa shape index (κ1) is 21.1. The number of hydrogen-bond donors (Lipinski definition) is 0. The highest BCUT2D eigenvalue weighted by molar-refractivity contribution is 7.99. The summed E-state index contributed by atoms with van der Waals surface area (Å²) >= 11 is 3.17. The van der Waals surface area contributed by atoms with E-state index in [2.05, 4.69) is 23.3 Å². The number of amides is 2. The summed E-state index contributed by atoms with van der Waals surface area (Å²) in [4.78, 5) is 32.6. The summed E-state index contributed by atoms with van der Waals surface area (Å²) in [6.45, 7) is 3.86. The van der Waals surface area contributed by atoms with E-state index in [1.165, 1.54) is 27.8 Å². The SMILES string of the molecule is CSC(C)Cc1nc(SCCC(=O)N2CCCCC2)n(C(=O)N(C)C)n1. The summed E-state index contributed by atoms with van der Waals surface area (Å²) in [7, 11) is 3.39. The van der Waals surface area contributed by atoms with E-state index in [1.807, 2.05) is 4.90 Å². The molecule has 1 aliphatic rings. The van der Waals surface area contributed by atoms with Gasteiger partial charge in [0.1, 0.15) is 0 Å². The van der Waals surface area contributed by atoms with Crippen LogP contribution in [0.1, 0.15) is 38.4 Å². The van der Waals surface area contributed by atoms with E-state index in [0.717, 1.165) is 32.4 Å². The van der Waals surface area contributed by atoms with Gasteiger partial charge in [0.2, 0.25) is 5.91 Å². The number of piperidine rings is 1. The first-order valence-corrected chi connectivity index (χ1v) is 11.3. The number of carbonyl (C=O) groups is 2. The molecule has 146 valence electrons. The minimum atomic E-state index is -0.217. The molecule has 0 radical (unpaired) electrons. The third kappa shape index (κ3) is 5.90. The molecule has 7 nitrogen and oxygen atoms in total. The Bertz CT molecular complexity index is 614. The Morgan fingerprint density at radius 3 is 2.54 bits per heavy atom. The number of rotatable bonds is 7. The first-order chi connectivity index (χ1) is 12.4. The molecule has 0 N–H and O–H groups in total. The van der Waals surface area contributed by atoms with Gasteiger partial charge in [-0.25, -0.2) is 9.78 Å². The Morgan fingerprint density at radius 1 is 1.23 bits per heavy atom. The van der Waals surface area contributed by atoms with Gasteiger partial charge in [0.25, 0.3) is 0 Å². The summed E-state index contributed by atoms with van der Waals surface area (Å²) in [5.74, 6) is 1.47. The average molecular weight is 400 g/mol. The highest BCUT2D eigenvalue weighted by Gasteiger charge is 2.21. The molecule has 0 spiro atoms. The minimum Gasteiger partial charge on any atom is -0.343 e. The molecule has 0 aliphatic carbocycles. The van der Waals surface area contributed by atoms with Crippen LogP contribution in [0.25, 0.3) is 0 Å². The van der Waals surface area contributed by atoms with Gasteiger partial charge in [0.15, 0.2) is 11.0 Å². The molecular formula is C17H29N5O2S2. The quantitative estimate of drug-likeness (QED) is 0.656. The second-order valence-corrected chi connectivity index (χ2v) is 9.03. The fourth-order valence-electron chi connectivity index (χ4n) is 2.70. The molecule has 0 bridgehead atoms. The van der Waals surface area contributed by atoms with Crippen molar-refractivity contribution in [1.82, 2.24) is 24.6 Å². The van der Waals surface area contributed by atoms with E-state index < -0.39 is 0 Å². The van der Waals surface area contributed by atoms with Gasteiger partial charge in [-0.2, -0.15) is 16.4 Å². The van der Waals surface area contributed by atoms with Crippen LogP contribution >= 0.6 is 23.5 Å². The third-order valence-electron chi connectivity index (χ3n) is 4.31. The van der Waals surface area contributed by atoms with Crippen LogP contribution in [-0.4, -0.2) is 80.9 Å². The minimum absolute atomic E-state index is 0.193. The van der Waals surface area contributed by atoms with Crippen molar-refractivity contribution in [1.29, 1.82) is 0 Å². The maximum Gasteiger partial charge on any atom is 0.346 e. The first-order valence-electron chi connectivity index (χ1n) is 9.03. The Kier molecular flexibility index (Phi) is 8.27. The molecule has 1 aliphatic heterocycles. The normalized spacial score (nSPS) is 15.8. The lowest BCUT2D eigenvalue weighted by atomic mass is 10.1. The van der Waals surface area contributed by atoms with Gasteiger partial charge in [-0.3, -0.25) is 4.79 Å². The van der Waals surface area contributed by atoms with Crippen molar-refractivity contribution in [2.45, 2.75) is 49.4 Å². The Labute approximate surface area is 164 Å². The van der Waals surface area contributed by atoms with Crippen LogP contribution in [0.3, 0.4) is 0 Å². The predicted octanol–water partition coefficient (Wildman–Crippen LogP) is 2.60. The number of carbonyl (C=O) groups excluding carboxylic acids is 2. The molecule has 26 heavy (non-hydrogen) atoms. The van der Waals surface area contributed by atoms with Crippen LogP contribution in [0.15, 0.2) is 5.16 Å². The molecule has 0 saturated carbocycles. The van der Waals surface area contributed by atoms with Crippen LogP contribution in [0.4, 0.5) is 4.79 Å². The summed E-state index contributed by atoms with van der Waals surface area (Å²) in [6.07, 6.45) is 6.64. The lowest BCUT2D eigenvalue weighted by molar-refractivity contribution is -0.131. The van der Waals surface area contributed by atoms with Crippen molar-refractivity contribution in [3.8, 4) is 0 Å². The lowest BCUT2D eigenvalue weighted by Gasteiger charge is -2.26. The summed E-state index contributed by atoms with van der Waals surface area (Å²) in [5.41, 5.74) is 0. The molecule has 1 saturated heterocycles. The fraction of sp³-hybridized carbons (Fsp3) is 0.765. The molecule has 2 heterocycles. The van der Waals surface area contributed by atoms with Gasteiger partial charge >= 0.3 is 6.03 Å². The molecule has 1 atom stereocenters. The van der Waals surface area contributed by atoms with E-state index >= 15 is 0 Å². The highest BCUT2D eigenvalue weighted by atomic mass is 32.2. The highest BCUT2D eigenvalue weighted by Crippen LogP contribution is 2.20.